The summed E-state index contributed by atoms with van der Waals surface area (Å²) in [5.74, 6) is 0.0554. The first kappa shape index (κ1) is 20.8. The molecule has 154 valence electrons. The van der Waals surface area contributed by atoms with Crippen LogP contribution in [-0.4, -0.2) is 47.8 Å². The Morgan fingerprint density at radius 2 is 1.72 bits per heavy atom. The Bertz CT molecular complexity index is 1240. The van der Waals surface area contributed by atoms with Crippen LogP contribution in [0.2, 0.25) is 0 Å². The Hall–Kier alpha value is -2.91. The molecule has 0 aliphatic carbocycles. The van der Waals surface area contributed by atoms with Crippen LogP contribution in [0.1, 0.15) is 17.3 Å². The fraction of sp³-hybridized carbons (Fsp3) is 0.300. The Balaban J connectivity index is 1.92. The Morgan fingerprint density at radius 1 is 1.07 bits per heavy atom. The molecule has 0 bridgehead atoms. The summed E-state index contributed by atoms with van der Waals surface area (Å²) < 4.78 is 35.3. The van der Waals surface area contributed by atoms with E-state index in [1.165, 1.54) is 28.3 Å². The van der Waals surface area contributed by atoms with Gasteiger partial charge in [0, 0.05) is 21.1 Å². The second-order valence-corrected chi connectivity index (χ2v) is 8.71. The summed E-state index contributed by atoms with van der Waals surface area (Å²) in [4.78, 5) is 24.8. The third-order valence-electron chi connectivity index (χ3n) is 4.81. The van der Waals surface area contributed by atoms with E-state index in [1.807, 2.05) is 6.92 Å². The van der Waals surface area contributed by atoms with E-state index in [2.05, 4.69) is 0 Å². The number of likely N-dealkylation sites (N-methyl/N-ethyl adjacent to an activating group) is 1. The first-order valence-electron chi connectivity index (χ1n) is 9.05. The van der Waals surface area contributed by atoms with Crippen LogP contribution in [0.25, 0.3) is 11.0 Å². The summed E-state index contributed by atoms with van der Waals surface area (Å²) in [5.41, 5.74) is 1.21. The molecule has 8 nitrogen and oxygen atoms in total. The highest BCUT2D eigenvalue weighted by Gasteiger charge is 2.25. The molecular formula is C20H23N3O5S. The predicted octanol–water partition coefficient (Wildman–Crippen LogP) is 1.78. The van der Waals surface area contributed by atoms with Crippen molar-refractivity contribution >= 4 is 26.8 Å². The van der Waals surface area contributed by atoms with Gasteiger partial charge in [0.1, 0.15) is 5.75 Å². The molecule has 0 fully saturated rings. The second kappa shape index (κ2) is 7.84. The highest BCUT2D eigenvalue weighted by Crippen LogP contribution is 2.22. The summed E-state index contributed by atoms with van der Waals surface area (Å²) in [6.07, 6.45) is 0. The monoisotopic (exact) mass is 417 g/mol. The SMILES string of the molecule is CCOc1ccccc1C(=O)CN(C)S(=O)(=O)c1ccc2c(c1)n(C)c(=O)n2C. The molecule has 9 heteroatoms. The number of ether oxygens (including phenoxy) is 1. The van der Waals surface area contributed by atoms with Gasteiger partial charge in [0.15, 0.2) is 5.78 Å². The zero-order valence-corrected chi connectivity index (χ0v) is 17.6. The van der Waals surface area contributed by atoms with Gasteiger partial charge in [0.05, 0.1) is 34.6 Å². The average Bonchev–Trinajstić information content (AvgIpc) is 2.92. The number of carbonyl (C=O) groups excluding carboxylic acids is 1. The quantitative estimate of drug-likeness (QED) is 0.547. The van der Waals surface area contributed by atoms with E-state index >= 15 is 0 Å². The normalized spacial score (nSPS) is 11.9. The van der Waals surface area contributed by atoms with Gasteiger partial charge in [0.25, 0.3) is 0 Å². The third kappa shape index (κ3) is 3.70. The van der Waals surface area contributed by atoms with Crippen LogP contribution >= 0.6 is 0 Å². The number of nitrogens with zero attached hydrogens (tertiary/aromatic N) is 3. The number of aryl methyl sites for hydroxylation is 2. The average molecular weight is 417 g/mol. The molecule has 29 heavy (non-hydrogen) atoms. The van der Waals surface area contributed by atoms with Crippen LogP contribution in [0, 0.1) is 0 Å². The highest BCUT2D eigenvalue weighted by atomic mass is 32.2. The van der Waals surface area contributed by atoms with Gasteiger partial charge in [-0.25, -0.2) is 13.2 Å². The maximum atomic E-state index is 13.0. The Morgan fingerprint density at radius 3 is 2.41 bits per heavy atom. The first-order valence-corrected chi connectivity index (χ1v) is 10.5. The fourth-order valence-electron chi connectivity index (χ4n) is 3.18. The molecule has 2 aromatic carbocycles. The van der Waals surface area contributed by atoms with Crippen molar-refractivity contribution in [3.63, 3.8) is 0 Å². The molecule has 0 amide bonds. The molecule has 0 aliphatic rings. The molecule has 1 heterocycles. The molecule has 0 saturated heterocycles. The lowest BCUT2D eigenvalue weighted by Gasteiger charge is -2.17. The minimum atomic E-state index is -3.93. The number of Topliss-reactive ketones (excluding diaryl/α,β-unsaturated/α-hetero) is 1. The van der Waals surface area contributed by atoms with Gasteiger partial charge in [-0.1, -0.05) is 12.1 Å². The van der Waals surface area contributed by atoms with Crippen molar-refractivity contribution in [1.82, 2.24) is 13.4 Å². The molecule has 3 aromatic rings. The molecule has 0 spiro atoms. The molecule has 3 rings (SSSR count). The summed E-state index contributed by atoms with van der Waals surface area (Å²) >= 11 is 0. The van der Waals surface area contributed by atoms with Gasteiger partial charge in [-0.3, -0.25) is 13.9 Å². The number of para-hydroxylation sites is 1. The maximum absolute atomic E-state index is 13.0. The number of hydrogen-bond donors (Lipinski definition) is 0. The van der Waals surface area contributed by atoms with Gasteiger partial charge < -0.3 is 4.74 Å². The lowest BCUT2D eigenvalue weighted by atomic mass is 10.1. The van der Waals surface area contributed by atoms with Crippen molar-refractivity contribution in [3.05, 3.63) is 58.5 Å². The fourth-order valence-corrected chi connectivity index (χ4v) is 4.33. The minimum Gasteiger partial charge on any atom is -0.493 e. The van der Waals surface area contributed by atoms with Crippen molar-refractivity contribution in [2.45, 2.75) is 11.8 Å². The summed E-state index contributed by atoms with van der Waals surface area (Å²) in [5, 5.41) is 0. The Labute approximate surface area is 169 Å². The lowest BCUT2D eigenvalue weighted by Crippen LogP contribution is -2.32. The molecule has 0 unspecified atom stereocenters. The molecule has 1 aromatic heterocycles. The van der Waals surface area contributed by atoms with Crippen molar-refractivity contribution in [2.24, 2.45) is 14.1 Å². The van der Waals surface area contributed by atoms with Crippen LogP contribution in [0.4, 0.5) is 0 Å². The molecular weight excluding hydrogens is 394 g/mol. The van der Waals surface area contributed by atoms with E-state index in [0.29, 0.717) is 29.0 Å². The zero-order valence-electron chi connectivity index (χ0n) is 16.7. The van der Waals surface area contributed by atoms with Crippen molar-refractivity contribution in [3.8, 4) is 5.75 Å². The van der Waals surface area contributed by atoms with E-state index in [-0.39, 0.29) is 22.9 Å². The first-order chi connectivity index (χ1) is 13.7. The van der Waals surface area contributed by atoms with Crippen LogP contribution in [0.5, 0.6) is 5.75 Å². The lowest BCUT2D eigenvalue weighted by molar-refractivity contribution is 0.0969. The zero-order chi connectivity index (χ0) is 21.3. The van der Waals surface area contributed by atoms with E-state index in [9.17, 15) is 18.0 Å². The highest BCUT2D eigenvalue weighted by molar-refractivity contribution is 7.89. The molecule has 0 saturated carbocycles. The van der Waals surface area contributed by atoms with Crippen molar-refractivity contribution in [2.75, 3.05) is 20.2 Å². The van der Waals surface area contributed by atoms with E-state index in [4.69, 9.17) is 4.74 Å². The number of rotatable bonds is 7. The van der Waals surface area contributed by atoms with Crippen molar-refractivity contribution in [1.29, 1.82) is 0 Å². The van der Waals surface area contributed by atoms with Gasteiger partial charge in [0.2, 0.25) is 10.0 Å². The number of fused-ring (bicyclic) bond motifs is 1. The number of sulfonamides is 1. The van der Waals surface area contributed by atoms with E-state index < -0.39 is 10.0 Å². The second-order valence-electron chi connectivity index (χ2n) is 6.66. The summed E-state index contributed by atoms with van der Waals surface area (Å²) in [6, 6.07) is 11.2. The molecule has 0 atom stereocenters. The number of imidazole rings is 1. The molecule has 0 radical (unpaired) electrons. The Kier molecular flexibility index (Phi) is 5.63. The van der Waals surface area contributed by atoms with Crippen LogP contribution in [-0.2, 0) is 24.1 Å². The number of hydrogen-bond acceptors (Lipinski definition) is 5. The van der Waals surface area contributed by atoms with Gasteiger partial charge >= 0.3 is 5.69 Å². The minimum absolute atomic E-state index is 0.0135. The van der Waals surface area contributed by atoms with E-state index in [1.54, 1.807) is 44.4 Å². The van der Waals surface area contributed by atoms with Gasteiger partial charge in [-0.2, -0.15) is 4.31 Å². The standard InChI is InChI=1S/C20H23N3O5S/c1-5-28-19-9-7-6-8-15(19)18(24)13-21(2)29(26,27)14-10-11-16-17(12-14)23(4)20(25)22(16)3/h6-12H,5,13H2,1-4H3. The van der Waals surface area contributed by atoms with Crippen LogP contribution < -0.4 is 10.4 Å². The van der Waals surface area contributed by atoms with E-state index in [0.717, 1.165) is 4.31 Å². The largest absolute Gasteiger partial charge is 0.493 e. The van der Waals surface area contributed by atoms with Crippen molar-refractivity contribution < 1.29 is 17.9 Å². The van der Waals surface area contributed by atoms with Crippen LogP contribution in [0.3, 0.4) is 0 Å². The maximum Gasteiger partial charge on any atom is 0.328 e. The summed E-state index contributed by atoms with van der Waals surface area (Å²) in [7, 11) is 0.627. The topological polar surface area (TPSA) is 90.6 Å². The summed E-state index contributed by atoms with van der Waals surface area (Å²) in [6.45, 7) is 1.87. The third-order valence-corrected chi connectivity index (χ3v) is 6.60. The number of carbonyl (C=O) groups is 1. The number of aromatic nitrogens is 2. The van der Waals surface area contributed by atoms with Gasteiger partial charge in [-0.05, 0) is 37.3 Å². The number of benzene rings is 2. The number of ketones is 1. The molecule has 0 N–H and O–H groups in total. The van der Waals surface area contributed by atoms with Gasteiger partial charge in [-0.15, -0.1) is 0 Å². The molecule has 0 aliphatic heterocycles. The predicted molar refractivity (Wildman–Crippen MR) is 110 cm³/mol. The smallest absolute Gasteiger partial charge is 0.328 e. The van der Waals surface area contributed by atoms with Crippen LogP contribution in [0.15, 0.2) is 52.2 Å².